The number of sulfonamides is 1. The maximum absolute atomic E-state index is 12.8. The zero-order valence-corrected chi connectivity index (χ0v) is 17.8. The molecule has 0 heterocycles. The van der Waals surface area contributed by atoms with E-state index in [9.17, 15) is 13.2 Å². The number of amides is 1. The zero-order valence-electron chi connectivity index (χ0n) is 16.2. The fraction of sp³-hybridized carbons (Fsp3) is 0.350. The monoisotopic (exact) mass is 424 g/mol. The molecule has 0 aliphatic rings. The van der Waals surface area contributed by atoms with Crippen molar-refractivity contribution in [3.63, 3.8) is 0 Å². The average molecular weight is 425 g/mol. The third kappa shape index (κ3) is 5.32. The van der Waals surface area contributed by atoms with Crippen molar-refractivity contribution in [2.24, 2.45) is 0 Å². The Morgan fingerprint density at radius 2 is 1.68 bits per heavy atom. The standard InChI is InChI=1S/C20H25ClN2O4S/c1-4-23(5-2)28(25,26)19-12-17(10-11-18(19)21)20(24)22-13-15-6-8-16(9-7-15)14-27-3/h6-12H,4-5,13-14H2,1-3H3,(H,22,24). The minimum atomic E-state index is -3.76. The lowest BCUT2D eigenvalue weighted by Gasteiger charge is -2.19. The van der Waals surface area contributed by atoms with Crippen LogP contribution in [0.1, 0.15) is 35.3 Å². The van der Waals surface area contributed by atoms with E-state index in [1.807, 2.05) is 24.3 Å². The first kappa shape index (κ1) is 22.4. The summed E-state index contributed by atoms with van der Waals surface area (Å²) in [5.41, 5.74) is 2.21. The van der Waals surface area contributed by atoms with Gasteiger partial charge in [-0.25, -0.2) is 8.42 Å². The molecule has 0 bridgehead atoms. The molecule has 0 aliphatic heterocycles. The Kier molecular flexibility index (Phi) is 8.00. The molecule has 2 aromatic carbocycles. The number of hydrogen-bond donors (Lipinski definition) is 1. The van der Waals surface area contributed by atoms with E-state index in [0.717, 1.165) is 11.1 Å². The molecule has 0 unspecified atom stereocenters. The van der Waals surface area contributed by atoms with E-state index in [1.165, 1.54) is 22.5 Å². The summed E-state index contributed by atoms with van der Waals surface area (Å²) in [5.74, 6) is -0.367. The van der Waals surface area contributed by atoms with E-state index >= 15 is 0 Å². The smallest absolute Gasteiger partial charge is 0.251 e. The Hall–Kier alpha value is -1.93. The summed E-state index contributed by atoms with van der Waals surface area (Å²) in [6.07, 6.45) is 0. The molecule has 2 rings (SSSR count). The highest BCUT2D eigenvalue weighted by Crippen LogP contribution is 2.26. The molecule has 1 amide bonds. The number of rotatable bonds is 9. The molecular weight excluding hydrogens is 400 g/mol. The number of hydrogen-bond acceptors (Lipinski definition) is 4. The van der Waals surface area contributed by atoms with Gasteiger partial charge >= 0.3 is 0 Å². The van der Waals surface area contributed by atoms with Gasteiger partial charge in [-0.05, 0) is 29.3 Å². The van der Waals surface area contributed by atoms with Crippen molar-refractivity contribution >= 4 is 27.5 Å². The van der Waals surface area contributed by atoms with Crippen molar-refractivity contribution in [3.8, 4) is 0 Å². The topological polar surface area (TPSA) is 75.7 Å². The van der Waals surface area contributed by atoms with Crippen molar-refractivity contribution in [1.29, 1.82) is 0 Å². The van der Waals surface area contributed by atoms with Gasteiger partial charge in [0.15, 0.2) is 0 Å². The highest BCUT2D eigenvalue weighted by molar-refractivity contribution is 7.89. The van der Waals surface area contributed by atoms with Crippen LogP contribution in [0.4, 0.5) is 0 Å². The second-order valence-electron chi connectivity index (χ2n) is 6.17. The van der Waals surface area contributed by atoms with E-state index in [2.05, 4.69) is 5.32 Å². The van der Waals surface area contributed by atoms with Crippen molar-refractivity contribution in [3.05, 3.63) is 64.2 Å². The third-order valence-corrected chi connectivity index (χ3v) is 6.84. The largest absolute Gasteiger partial charge is 0.380 e. The van der Waals surface area contributed by atoms with Gasteiger partial charge in [-0.15, -0.1) is 0 Å². The Labute approximate surface area is 171 Å². The van der Waals surface area contributed by atoms with Gasteiger partial charge in [-0.3, -0.25) is 4.79 Å². The summed E-state index contributed by atoms with van der Waals surface area (Å²) in [5, 5.41) is 2.89. The summed E-state index contributed by atoms with van der Waals surface area (Å²) in [7, 11) is -2.12. The van der Waals surface area contributed by atoms with E-state index in [4.69, 9.17) is 16.3 Å². The molecule has 152 valence electrons. The van der Waals surface area contributed by atoms with Crippen LogP contribution in [0.25, 0.3) is 0 Å². The number of nitrogens with zero attached hydrogens (tertiary/aromatic N) is 1. The lowest BCUT2D eigenvalue weighted by molar-refractivity contribution is 0.0950. The predicted molar refractivity (Wildman–Crippen MR) is 110 cm³/mol. The Morgan fingerprint density at radius 1 is 1.07 bits per heavy atom. The van der Waals surface area contributed by atoms with Gasteiger partial charge in [0, 0.05) is 32.3 Å². The molecule has 8 heteroatoms. The number of methoxy groups -OCH3 is 1. The van der Waals surface area contributed by atoms with E-state index in [1.54, 1.807) is 21.0 Å². The predicted octanol–water partition coefficient (Wildman–Crippen LogP) is 3.45. The minimum absolute atomic E-state index is 0.0607. The van der Waals surface area contributed by atoms with Crippen molar-refractivity contribution < 1.29 is 17.9 Å². The molecule has 1 N–H and O–H groups in total. The first-order valence-corrected chi connectivity index (χ1v) is 10.8. The molecule has 0 aromatic heterocycles. The SMILES string of the molecule is CCN(CC)S(=O)(=O)c1cc(C(=O)NCc2ccc(COC)cc2)ccc1Cl. The van der Waals surface area contributed by atoms with Gasteiger partial charge in [0.25, 0.3) is 5.91 Å². The molecule has 0 aliphatic carbocycles. The van der Waals surface area contributed by atoms with E-state index < -0.39 is 10.0 Å². The third-order valence-electron chi connectivity index (χ3n) is 4.30. The molecule has 0 radical (unpaired) electrons. The van der Waals surface area contributed by atoms with Gasteiger partial charge in [0.1, 0.15) is 4.90 Å². The highest BCUT2D eigenvalue weighted by atomic mass is 35.5. The van der Waals surface area contributed by atoms with Crippen molar-refractivity contribution in [1.82, 2.24) is 9.62 Å². The molecule has 0 saturated carbocycles. The summed E-state index contributed by atoms with van der Waals surface area (Å²) in [6.45, 7) is 5.01. The average Bonchev–Trinajstić information content (AvgIpc) is 2.68. The molecule has 0 spiro atoms. The zero-order chi connectivity index (χ0) is 20.7. The fourth-order valence-electron chi connectivity index (χ4n) is 2.75. The molecule has 6 nitrogen and oxygen atoms in total. The molecule has 28 heavy (non-hydrogen) atoms. The maximum atomic E-state index is 12.8. The summed E-state index contributed by atoms with van der Waals surface area (Å²) >= 11 is 6.11. The summed E-state index contributed by atoms with van der Waals surface area (Å²) in [4.78, 5) is 12.4. The number of ether oxygens (including phenoxy) is 1. The van der Waals surface area contributed by atoms with Crippen LogP contribution in [0.15, 0.2) is 47.4 Å². The number of carbonyl (C=O) groups excluding carboxylic acids is 1. The van der Waals surface area contributed by atoms with Gasteiger partial charge in [-0.1, -0.05) is 49.7 Å². The molecule has 0 atom stereocenters. The first-order valence-electron chi connectivity index (χ1n) is 8.98. The molecule has 0 fully saturated rings. The lowest BCUT2D eigenvalue weighted by Crippen LogP contribution is -2.31. The highest BCUT2D eigenvalue weighted by Gasteiger charge is 2.25. The van der Waals surface area contributed by atoms with E-state index in [0.29, 0.717) is 26.2 Å². The van der Waals surface area contributed by atoms with Crippen LogP contribution in [0.3, 0.4) is 0 Å². The van der Waals surface area contributed by atoms with Crippen LogP contribution in [0.2, 0.25) is 5.02 Å². The molecule has 0 saturated heterocycles. The van der Waals surface area contributed by atoms with Crippen LogP contribution >= 0.6 is 11.6 Å². The fourth-order valence-corrected chi connectivity index (χ4v) is 4.71. The van der Waals surface area contributed by atoms with Gasteiger partial charge in [-0.2, -0.15) is 4.31 Å². The summed E-state index contributed by atoms with van der Waals surface area (Å²) < 4.78 is 31.9. The van der Waals surface area contributed by atoms with Gasteiger partial charge in [0.05, 0.1) is 11.6 Å². The first-order chi connectivity index (χ1) is 13.3. The van der Waals surface area contributed by atoms with Crippen molar-refractivity contribution in [2.45, 2.75) is 31.9 Å². The Balaban J connectivity index is 2.16. The Morgan fingerprint density at radius 3 is 2.25 bits per heavy atom. The second-order valence-corrected chi connectivity index (χ2v) is 8.48. The minimum Gasteiger partial charge on any atom is -0.380 e. The van der Waals surface area contributed by atoms with Crippen molar-refractivity contribution in [2.75, 3.05) is 20.2 Å². The number of carbonyl (C=O) groups is 1. The number of benzene rings is 2. The van der Waals surface area contributed by atoms with Crippen LogP contribution in [-0.4, -0.2) is 38.8 Å². The molecular formula is C20H25ClN2O4S. The van der Waals surface area contributed by atoms with Crippen LogP contribution in [0, 0.1) is 0 Å². The normalized spacial score (nSPS) is 11.6. The van der Waals surface area contributed by atoms with Gasteiger partial charge < -0.3 is 10.1 Å². The second kappa shape index (κ2) is 10.0. The molecule has 2 aromatic rings. The quantitative estimate of drug-likeness (QED) is 0.669. The van der Waals surface area contributed by atoms with Crippen LogP contribution in [0.5, 0.6) is 0 Å². The maximum Gasteiger partial charge on any atom is 0.251 e. The van der Waals surface area contributed by atoms with Gasteiger partial charge in [0.2, 0.25) is 10.0 Å². The summed E-state index contributed by atoms with van der Waals surface area (Å²) in [6, 6.07) is 12.0. The van der Waals surface area contributed by atoms with Crippen LogP contribution < -0.4 is 5.32 Å². The number of halogens is 1. The Bertz CT molecular complexity index is 910. The van der Waals surface area contributed by atoms with Crippen LogP contribution in [-0.2, 0) is 27.9 Å². The number of nitrogens with one attached hydrogen (secondary N) is 1. The lowest BCUT2D eigenvalue weighted by atomic mass is 10.1. The van der Waals surface area contributed by atoms with E-state index in [-0.39, 0.29) is 21.4 Å².